The molecule has 0 bridgehead atoms. The Bertz CT molecular complexity index is 2080. The number of hydrogen-bond donors (Lipinski definition) is 1. The number of rotatable bonds is 13. The summed E-state index contributed by atoms with van der Waals surface area (Å²) in [5.74, 6) is 0.833. The van der Waals surface area contributed by atoms with Gasteiger partial charge < -0.3 is 14.8 Å². The number of nitrogens with one attached hydrogen (secondary N) is 1. The van der Waals surface area contributed by atoms with Crippen molar-refractivity contribution in [2.24, 2.45) is 0 Å². The molecule has 3 aromatic heterocycles. The lowest BCUT2D eigenvalue weighted by Crippen LogP contribution is -2.14. The molecule has 0 atom stereocenters. The molecule has 6 aromatic rings. The first-order valence-electron chi connectivity index (χ1n) is 14.2. The van der Waals surface area contributed by atoms with Gasteiger partial charge in [0.15, 0.2) is 14.9 Å². The highest BCUT2D eigenvalue weighted by Crippen LogP contribution is 2.33. The topological polar surface area (TPSA) is 116 Å². The van der Waals surface area contributed by atoms with Crippen LogP contribution in [0.25, 0.3) is 22.2 Å². The fourth-order valence-electron chi connectivity index (χ4n) is 4.56. The Morgan fingerprint density at radius 3 is 2.67 bits per heavy atom. The van der Waals surface area contributed by atoms with Gasteiger partial charge in [0.1, 0.15) is 30.3 Å². The van der Waals surface area contributed by atoms with Gasteiger partial charge in [-0.15, -0.1) is 11.3 Å². The van der Waals surface area contributed by atoms with Crippen LogP contribution in [0.4, 0.5) is 15.9 Å². The molecule has 3 heterocycles. The molecule has 9 nitrogen and oxygen atoms in total. The third-order valence-corrected chi connectivity index (χ3v) is 9.99. The predicted octanol–water partition coefficient (Wildman–Crippen LogP) is 7.41. The third kappa shape index (κ3) is 7.91. The number of fused-ring (bicyclic) bond motifs is 1. The Kier molecular flexibility index (Phi) is 9.93. The summed E-state index contributed by atoms with van der Waals surface area (Å²) in [5, 5.41) is 7.12. The van der Waals surface area contributed by atoms with Crippen molar-refractivity contribution in [3.8, 4) is 17.0 Å². The van der Waals surface area contributed by atoms with Crippen LogP contribution in [0.5, 0.6) is 5.75 Å². The van der Waals surface area contributed by atoms with Gasteiger partial charge in [-0.25, -0.2) is 32.7 Å². The van der Waals surface area contributed by atoms with Crippen molar-refractivity contribution in [1.82, 2.24) is 19.9 Å². The zero-order chi connectivity index (χ0) is 31.9. The lowest BCUT2D eigenvalue weighted by atomic mass is 10.1. The minimum atomic E-state index is -3.48. The van der Waals surface area contributed by atoms with E-state index < -0.39 is 9.84 Å². The maximum absolute atomic E-state index is 13.5. The molecule has 0 spiro atoms. The normalized spacial score (nSPS) is 11.5. The summed E-state index contributed by atoms with van der Waals surface area (Å²) in [6.07, 6.45) is 3.54. The van der Waals surface area contributed by atoms with Gasteiger partial charge in [0, 0.05) is 34.6 Å². The van der Waals surface area contributed by atoms with Crippen LogP contribution in [0.1, 0.15) is 10.6 Å². The highest BCUT2D eigenvalue weighted by Gasteiger charge is 2.15. The summed E-state index contributed by atoms with van der Waals surface area (Å²) in [5.41, 5.74) is 4.04. The molecule has 0 amide bonds. The van der Waals surface area contributed by atoms with Crippen molar-refractivity contribution in [1.29, 1.82) is 0 Å². The van der Waals surface area contributed by atoms with Crippen LogP contribution >= 0.6 is 27.3 Å². The number of nitrogens with zero attached hydrogens (tertiary/aromatic N) is 4. The van der Waals surface area contributed by atoms with Gasteiger partial charge in [0.05, 0.1) is 39.7 Å². The van der Waals surface area contributed by atoms with E-state index in [2.05, 4.69) is 36.2 Å². The summed E-state index contributed by atoms with van der Waals surface area (Å²) < 4.78 is 50.5. The fourth-order valence-corrected chi connectivity index (χ4v) is 6.90. The maximum atomic E-state index is 13.5. The van der Waals surface area contributed by atoms with Crippen LogP contribution in [0.3, 0.4) is 0 Å². The standard InChI is InChI=1S/C33H27BrFN5O4S2/c34-27-18-25(8-10-30(27)44-19-22-4-3-5-24(35)16-22)39-33-26-17-23(7-9-28(26)37-21-38-33)29-20-45-31(40-29)11-13-43-14-15-46(41,42)32-6-1-2-12-36-32/h1-10,12,16-18,20-21H,11,13-15,19H2,(H,37,38,39). The minimum Gasteiger partial charge on any atom is -0.488 e. The summed E-state index contributed by atoms with van der Waals surface area (Å²) >= 11 is 5.09. The first-order valence-corrected chi connectivity index (χ1v) is 17.5. The molecule has 0 aliphatic heterocycles. The van der Waals surface area contributed by atoms with Crippen molar-refractivity contribution >= 4 is 59.5 Å². The smallest absolute Gasteiger partial charge is 0.197 e. The van der Waals surface area contributed by atoms with Crippen LogP contribution < -0.4 is 10.1 Å². The summed E-state index contributed by atoms with van der Waals surface area (Å²) in [6, 6.07) is 22.6. The van der Waals surface area contributed by atoms with Gasteiger partial charge in [0.25, 0.3) is 0 Å². The largest absolute Gasteiger partial charge is 0.488 e. The highest BCUT2D eigenvalue weighted by molar-refractivity contribution is 9.10. The van der Waals surface area contributed by atoms with E-state index in [1.807, 2.05) is 47.8 Å². The molecule has 13 heteroatoms. The third-order valence-electron chi connectivity index (χ3n) is 6.87. The molecule has 3 aromatic carbocycles. The van der Waals surface area contributed by atoms with Crippen LogP contribution in [-0.4, -0.2) is 47.3 Å². The number of aromatic nitrogens is 4. The van der Waals surface area contributed by atoms with Crippen molar-refractivity contribution in [3.05, 3.63) is 118 Å². The van der Waals surface area contributed by atoms with E-state index in [9.17, 15) is 12.8 Å². The zero-order valence-corrected chi connectivity index (χ0v) is 27.5. The second-order valence-corrected chi connectivity index (χ2v) is 14.0. The molecule has 0 saturated heterocycles. The Labute approximate surface area is 277 Å². The maximum Gasteiger partial charge on any atom is 0.197 e. The molecule has 0 aliphatic carbocycles. The molecule has 46 heavy (non-hydrogen) atoms. The van der Waals surface area contributed by atoms with Crippen molar-refractivity contribution in [2.45, 2.75) is 18.1 Å². The van der Waals surface area contributed by atoms with E-state index >= 15 is 0 Å². The molecule has 6 rings (SSSR count). The molecule has 0 aliphatic rings. The Morgan fingerprint density at radius 1 is 0.935 bits per heavy atom. The number of sulfone groups is 1. The molecular formula is C33H27BrFN5O4S2. The van der Waals surface area contributed by atoms with Crippen LogP contribution in [0, 0.1) is 5.82 Å². The molecule has 0 radical (unpaired) electrons. The lowest BCUT2D eigenvalue weighted by Gasteiger charge is -2.12. The quantitative estimate of drug-likeness (QED) is 0.122. The van der Waals surface area contributed by atoms with Gasteiger partial charge >= 0.3 is 0 Å². The first kappa shape index (κ1) is 31.7. The van der Waals surface area contributed by atoms with Crippen molar-refractivity contribution in [2.75, 3.05) is 24.3 Å². The summed E-state index contributed by atoms with van der Waals surface area (Å²) in [6.45, 7) is 0.679. The van der Waals surface area contributed by atoms with Crippen molar-refractivity contribution in [3.63, 3.8) is 0 Å². The average molecular weight is 721 g/mol. The number of benzene rings is 3. The van der Waals surface area contributed by atoms with E-state index in [0.717, 1.165) is 42.9 Å². The number of thiazole rings is 1. The van der Waals surface area contributed by atoms with Gasteiger partial charge in [-0.05, 0) is 76.1 Å². The molecule has 0 saturated carbocycles. The van der Waals surface area contributed by atoms with Gasteiger partial charge in [0.2, 0.25) is 0 Å². The van der Waals surface area contributed by atoms with Crippen LogP contribution in [0.15, 0.2) is 106 Å². The monoisotopic (exact) mass is 719 g/mol. The predicted molar refractivity (Wildman–Crippen MR) is 180 cm³/mol. The number of ether oxygens (including phenoxy) is 2. The number of halogens is 2. The molecule has 0 unspecified atom stereocenters. The second kappa shape index (κ2) is 14.4. The summed E-state index contributed by atoms with van der Waals surface area (Å²) in [4.78, 5) is 17.6. The average Bonchev–Trinajstić information content (AvgIpc) is 3.54. The molecular weight excluding hydrogens is 693 g/mol. The Morgan fingerprint density at radius 2 is 1.85 bits per heavy atom. The van der Waals surface area contributed by atoms with Crippen LogP contribution in [0.2, 0.25) is 0 Å². The molecule has 234 valence electrons. The first-order chi connectivity index (χ1) is 22.3. The highest BCUT2D eigenvalue weighted by atomic mass is 79.9. The fraction of sp³-hybridized carbons (Fsp3) is 0.152. The van der Waals surface area contributed by atoms with E-state index in [1.54, 1.807) is 18.2 Å². The Balaban J connectivity index is 1.08. The van der Waals surface area contributed by atoms with E-state index in [-0.39, 0.29) is 29.8 Å². The zero-order valence-electron chi connectivity index (χ0n) is 24.3. The SMILES string of the molecule is O=S(=O)(CCOCCc1nc(-c2ccc3ncnc(Nc4ccc(OCc5cccc(F)c5)c(Br)c4)c3c2)cs1)c1ccccn1. The van der Waals surface area contributed by atoms with Gasteiger partial charge in [-0.3, -0.25) is 0 Å². The minimum absolute atomic E-state index is 0.0527. The van der Waals surface area contributed by atoms with E-state index in [0.29, 0.717) is 24.6 Å². The van der Waals surface area contributed by atoms with E-state index in [1.165, 1.54) is 42.1 Å². The lowest BCUT2D eigenvalue weighted by molar-refractivity contribution is 0.152. The van der Waals surface area contributed by atoms with Gasteiger partial charge in [-0.2, -0.15) is 0 Å². The van der Waals surface area contributed by atoms with Gasteiger partial charge in [-0.1, -0.05) is 24.3 Å². The Hall–Kier alpha value is -4.30. The number of anilines is 2. The number of pyridine rings is 1. The van der Waals surface area contributed by atoms with Crippen LogP contribution in [-0.2, 0) is 27.6 Å². The van der Waals surface area contributed by atoms with Crippen molar-refractivity contribution < 1.29 is 22.3 Å². The second-order valence-electron chi connectivity index (χ2n) is 10.1. The molecule has 1 N–H and O–H groups in total. The van der Waals surface area contributed by atoms with E-state index in [4.69, 9.17) is 14.5 Å². The summed E-state index contributed by atoms with van der Waals surface area (Å²) in [7, 11) is -3.48. The molecule has 0 fully saturated rings. The number of hydrogen-bond acceptors (Lipinski definition) is 10.